The van der Waals surface area contributed by atoms with Gasteiger partial charge in [-0.05, 0) is 32.9 Å². The van der Waals surface area contributed by atoms with Crippen LogP contribution in [0.25, 0.3) is 0 Å². The topological polar surface area (TPSA) is 35.6 Å². The lowest BCUT2D eigenvalue weighted by Crippen LogP contribution is -2.40. The van der Waals surface area contributed by atoms with E-state index >= 15 is 0 Å². The Balaban J connectivity index is 1.87. The van der Waals surface area contributed by atoms with Gasteiger partial charge in [0.15, 0.2) is 0 Å². The van der Waals surface area contributed by atoms with Gasteiger partial charge < -0.3 is 9.80 Å². The minimum absolute atomic E-state index is 0.0664. The molecule has 2 rings (SSSR count). The highest BCUT2D eigenvalue weighted by Gasteiger charge is 2.32. The van der Waals surface area contributed by atoms with Crippen molar-refractivity contribution in [2.24, 2.45) is 0 Å². The molecule has 2 aliphatic heterocycles. The third-order valence-electron chi connectivity index (χ3n) is 3.65. The molecule has 0 saturated carbocycles. The first-order valence-corrected chi connectivity index (χ1v) is 5.94. The Hall–Kier alpha value is -0.610. The zero-order valence-corrected chi connectivity index (χ0v) is 9.70. The van der Waals surface area contributed by atoms with Gasteiger partial charge in [0, 0.05) is 12.6 Å². The molecule has 2 heterocycles. The van der Waals surface area contributed by atoms with Crippen LogP contribution >= 0.6 is 0 Å². The summed E-state index contributed by atoms with van der Waals surface area (Å²) in [5.41, 5.74) is 0. The monoisotopic (exact) mass is 211 g/mol. The Morgan fingerprint density at radius 2 is 2.33 bits per heavy atom. The lowest BCUT2D eigenvalue weighted by Gasteiger charge is -2.25. The fraction of sp³-hybridized carbons (Fsp3) is 0.909. The smallest absolute Gasteiger partial charge is 0.240 e. The number of carbonyl (C=O) groups excluding carboxylic acids is 1. The predicted octanol–water partition coefficient (Wildman–Crippen LogP) is 0.248. The molecule has 0 radical (unpaired) electrons. The Labute approximate surface area is 91.6 Å². The maximum Gasteiger partial charge on any atom is 0.240 e. The largest absolute Gasteiger partial charge is 0.327 e. The first-order valence-electron chi connectivity index (χ1n) is 5.94. The van der Waals surface area contributed by atoms with Crippen LogP contribution in [-0.2, 0) is 4.79 Å². The minimum Gasteiger partial charge on any atom is -0.327 e. The highest BCUT2D eigenvalue weighted by atomic mass is 16.2. The van der Waals surface area contributed by atoms with Gasteiger partial charge in [0.05, 0.1) is 12.7 Å². The lowest BCUT2D eigenvalue weighted by atomic mass is 10.2. The van der Waals surface area contributed by atoms with Crippen molar-refractivity contribution in [1.29, 1.82) is 0 Å². The SMILES string of the molecule is CCC1NCN(CC2CCCN2C)C1=O. The number of hydrogen-bond donors (Lipinski definition) is 1. The van der Waals surface area contributed by atoms with E-state index in [0.29, 0.717) is 6.04 Å². The summed E-state index contributed by atoms with van der Waals surface area (Å²) in [4.78, 5) is 16.2. The number of likely N-dealkylation sites (N-methyl/N-ethyl adjacent to an activating group) is 1. The van der Waals surface area contributed by atoms with E-state index in [9.17, 15) is 4.79 Å². The molecule has 0 aromatic rings. The molecule has 1 amide bonds. The Morgan fingerprint density at radius 1 is 1.53 bits per heavy atom. The van der Waals surface area contributed by atoms with Gasteiger partial charge in [0.2, 0.25) is 5.91 Å². The Kier molecular flexibility index (Phi) is 3.26. The van der Waals surface area contributed by atoms with Crippen molar-refractivity contribution in [2.45, 2.75) is 38.3 Å². The quantitative estimate of drug-likeness (QED) is 0.727. The molecule has 2 aliphatic rings. The van der Waals surface area contributed by atoms with Crippen LogP contribution in [0.2, 0.25) is 0 Å². The van der Waals surface area contributed by atoms with Gasteiger partial charge in [-0.3, -0.25) is 10.1 Å². The summed E-state index contributed by atoms with van der Waals surface area (Å²) in [6.45, 7) is 4.87. The lowest BCUT2D eigenvalue weighted by molar-refractivity contribution is -0.129. The second-order valence-electron chi connectivity index (χ2n) is 4.66. The summed E-state index contributed by atoms with van der Waals surface area (Å²) in [6.07, 6.45) is 3.40. The number of amides is 1. The molecule has 2 atom stereocenters. The molecule has 4 heteroatoms. The maximum absolute atomic E-state index is 11.9. The average molecular weight is 211 g/mol. The number of rotatable bonds is 3. The van der Waals surface area contributed by atoms with Gasteiger partial charge in [-0.2, -0.15) is 0 Å². The van der Waals surface area contributed by atoms with E-state index < -0.39 is 0 Å². The first-order chi connectivity index (χ1) is 7.22. The highest BCUT2D eigenvalue weighted by molar-refractivity contribution is 5.83. The molecule has 0 aromatic carbocycles. The molecule has 4 nitrogen and oxygen atoms in total. The first kappa shape index (κ1) is 10.9. The predicted molar refractivity (Wildman–Crippen MR) is 59.4 cm³/mol. The second-order valence-corrected chi connectivity index (χ2v) is 4.66. The van der Waals surface area contributed by atoms with Crippen LogP contribution in [0.15, 0.2) is 0 Å². The van der Waals surface area contributed by atoms with Gasteiger partial charge in [0.25, 0.3) is 0 Å². The van der Waals surface area contributed by atoms with Crippen molar-refractivity contribution >= 4 is 5.91 Å². The van der Waals surface area contributed by atoms with Gasteiger partial charge in [-0.25, -0.2) is 0 Å². The van der Waals surface area contributed by atoms with Crippen LogP contribution in [0.3, 0.4) is 0 Å². The van der Waals surface area contributed by atoms with Gasteiger partial charge >= 0.3 is 0 Å². The van der Waals surface area contributed by atoms with E-state index in [2.05, 4.69) is 24.2 Å². The van der Waals surface area contributed by atoms with Crippen LogP contribution in [0.5, 0.6) is 0 Å². The van der Waals surface area contributed by atoms with E-state index in [1.807, 2.05) is 4.90 Å². The zero-order valence-electron chi connectivity index (χ0n) is 9.70. The number of carbonyl (C=O) groups is 1. The van der Waals surface area contributed by atoms with E-state index in [1.54, 1.807) is 0 Å². The van der Waals surface area contributed by atoms with E-state index in [-0.39, 0.29) is 11.9 Å². The van der Waals surface area contributed by atoms with Crippen molar-refractivity contribution in [3.63, 3.8) is 0 Å². The van der Waals surface area contributed by atoms with Crippen LogP contribution in [-0.4, -0.2) is 54.6 Å². The molecule has 0 bridgehead atoms. The third kappa shape index (κ3) is 2.16. The molecule has 1 N–H and O–H groups in total. The second kappa shape index (κ2) is 4.49. The Bertz CT molecular complexity index is 244. The molecule has 2 saturated heterocycles. The number of nitrogens with one attached hydrogen (secondary N) is 1. The maximum atomic E-state index is 11.9. The molecular formula is C11H21N3O. The standard InChI is InChI=1S/C11H21N3O/c1-3-10-11(15)14(8-12-10)7-9-5-4-6-13(9)2/h9-10,12H,3-8H2,1-2H3. The van der Waals surface area contributed by atoms with Crippen molar-refractivity contribution in [1.82, 2.24) is 15.1 Å². The van der Waals surface area contributed by atoms with Crippen LogP contribution in [0.1, 0.15) is 26.2 Å². The molecule has 0 aromatic heterocycles. The molecule has 2 fully saturated rings. The fourth-order valence-electron chi connectivity index (χ4n) is 2.54. The molecule has 15 heavy (non-hydrogen) atoms. The summed E-state index contributed by atoms with van der Waals surface area (Å²) in [5.74, 6) is 0.290. The zero-order chi connectivity index (χ0) is 10.8. The van der Waals surface area contributed by atoms with E-state index in [1.165, 1.54) is 19.4 Å². The summed E-state index contributed by atoms with van der Waals surface area (Å²) in [5, 5.41) is 3.25. The third-order valence-corrected chi connectivity index (χ3v) is 3.65. The summed E-state index contributed by atoms with van der Waals surface area (Å²) >= 11 is 0. The van der Waals surface area contributed by atoms with Crippen LogP contribution in [0, 0.1) is 0 Å². The number of hydrogen-bond acceptors (Lipinski definition) is 3. The summed E-state index contributed by atoms with van der Waals surface area (Å²) < 4.78 is 0. The van der Waals surface area contributed by atoms with Crippen molar-refractivity contribution in [3.8, 4) is 0 Å². The summed E-state index contributed by atoms with van der Waals surface area (Å²) in [6, 6.07) is 0.642. The molecular weight excluding hydrogens is 190 g/mol. The van der Waals surface area contributed by atoms with Crippen molar-refractivity contribution in [3.05, 3.63) is 0 Å². The minimum atomic E-state index is 0.0664. The van der Waals surface area contributed by atoms with Crippen LogP contribution in [0.4, 0.5) is 0 Å². The van der Waals surface area contributed by atoms with Gasteiger partial charge in [0.1, 0.15) is 0 Å². The fourth-order valence-corrected chi connectivity index (χ4v) is 2.54. The summed E-state index contributed by atoms with van der Waals surface area (Å²) in [7, 11) is 2.16. The van der Waals surface area contributed by atoms with Crippen molar-refractivity contribution < 1.29 is 4.79 Å². The van der Waals surface area contributed by atoms with Crippen molar-refractivity contribution in [2.75, 3.05) is 26.8 Å². The highest BCUT2D eigenvalue weighted by Crippen LogP contribution is 2.17. The molecule has 0 aliphatic carbocycles. The number of nitrogens with zero attached hydrogens (tertiary/aromatic N) is 2. The van der Waals surface area contributed by atoms with Gasteiger partial charge in [-0.1, -0.05) is 6.92 Å². The van der Waals surface area contributed by atoms with Gasteiger partial charge in [-0.15, -0.1) is 0 Å². The molecule has 86 valence electrons. The molecule has 0 spiro atoms. The van der Waals surface area contributed by atoms with E-state index in [0.717, 1.165) is 19.6 Å². The normalized spacial score (nSPS) is 32.9. The average Bonchev–Trinajstić information content (AvgIpc) is 2.77. The van der Waals surface area contributed by atoms with E-state index in [4.69, 9.17) is 0 Å². The van der Waals surface area contributed by atoms with Crippen LogP contribution < -0.4 is 5.32 Å². The number of likely N-dealkylation sites (tertiary alicyclic amines) is 1. The molecule has 2 unspecified atom stereocenters. The Morgan fingerprint density at radius 3 is 2.87 bits per heavy atom.